The van der Waals surface area contributed by atoms with E-state index < -0.39 is 6.10 Å². The molecule has 0 aromatic heterocycles. The van der Waals surface area contributed by atoms with Crippen LogP contribution in [0, 0.1) is 3.57 Å². The van der Waals surface area contributed by atoms with E-state index in [9.17, 15) is 9.90 Å². The molecule has 1 saturated heterocycles. The highest BCUT2D eigenvalue weighted by Crippen LogP contribution is 2.24. The van der Waals surface area contributed by atoms with Crippen LogP contribution in [0.2, 0.25) is 0 Å². The summed E-state index contributed by atoms with van der Waals surface area (Å²) in [6.07, 6.45) is 19.3. The predicted molar refractivity (Wildman–Crippen MR) is 152 cm³/mol. The highest BCUT2D eigenvalue weighted by atomic mass is 127. The van der Waals surface area contributed by atoms with Gasteiger partial charge in [-0.05, 0) is 66.6 Å². The Balaban J connectivity index is 1.61. The molecule has 2 unspecified atom stereocenters. The third-order valence-corrected chi connectivity index (χ3v) is 8.09. The number of halogens is 1. The highest BCUT2D eigenvalue weighted by molar-refractivity contribution is 14.1. The molecule has 2 rings (SSSR count). The van der Waals surface area contributed by atoms with E-state index in [1.54, 1.807) is 0 Å². The lowest BCUT2D eigenvalue weighted by atomic mass is 10.0. The number of aliphatic hydroxyl groups excluding tert-OH is 1. The van der Waals surface area contributed by atoms with Gasteiger partial charge in [-0.25, -0.2) is 0 Å². The quantitative estimate of drug-likeness (QED) is 0.132. The maximum atomic E-state index is 12.7. The first-order valence-electron chi connectivity index (χ1n) is 14.1. The lowest BCUT2D eigenvalue weighted by Crippen LogP contribution is -2.46. The minimum atomic E-state index is -0.677. The van der Waals surface area contributed by atoms with Crippen LogP contribution in [-0.4, -0.2) is 41.6 Å². The van der Waals surface area contributed by atoms with Crippen LogP contribution in [0.4, 0.5) is 0 Å². The van der Waals surface area contributed by atoms with Crippen molar-refractivity contribution in [2.24, 2.45) is 0 Å². The monoisotopic (exact) mass is 584 g/mol. The molecule has 0 spiro atoms. The van der Waals surface area contributed by atoms with Crippen molar-refractivity contribution in [3.63, 3.8) is 0 Å². The number of carbonyl (C=O) groups excluding carboxylic acids is 1. The second kappa shape index (κ2) is 18.6. The van der Waals surface area contributed by atoms with Crippen molar-refractivity contribution >= 4 is 28.5 Å². The highest BCUT2D eigenvalue weighted by Gasteiger charge is 2.27. The molecular weight excluding hydrogens is 535 g/mol. The van der Waals surface area contributed by atoms with Gasteiger partial charge in [0, 0.05) is 16.5 Å². The summed E-state index contributed by atoms with van der Waals surface area (Å²) in [5, 5.41) is 14.3. The number of hydrogen-bond donors (Lipinski definition) is 2. The number of aliphatic hydroxyl groups is 1. The summed E-state index contributed by atoms with van der Waals surface area (Å²) in [6.45, 7) is 5.11. The molecule has 0 aliphatic carbocycles. The fourth-order valence-electron chi connectivity index (χ4n) is 4.98. The van der Waals surface area contributed by atoms with Crippen molar-refractivity contribution in [3.8, 4) is 0 Å². The fourth-order valence-corrected chi connectivity index (χ4v) is 5.69. The van der Waals surface area contributed by atoms with Crippen molar-refractivity contribution in [2.45, 2.75) is 122 Å². The molecule has 1 heterocycles. The second-order valence-corrected chi connectivity index (χ2v) is 11.3. The minimum absolute atomic E-state index is 0.0808. The van der Waals surface area contributed by atoms with Crippen LogP contribution in [0.5, 0.6) is 0 Å². The number of nitrogens with one attached hydrogen (secondary N) is 1. The number of carbonyl (C=O) groups is 1. The molecular formula is C29H49IN2O2. The van der Waals surface area contributed by atoms with Crippen molar-refractivity contribution in [1.82, 2.24) is 10.2 Å². The number of benzene rings is 1. The maximum Gasteiger partial charge on any atom is 0.220 e. The molecule has 0 radical (unpaired) electrons. The van der Waals surface area contributed by atoms with E-state index in [4.69, 9.17) is 0 Å². The zero-order valence-electron chi connectivity index (χ0n) is 21.6. The third-order valence-electron chi connectivity index (χ3n) is 7.11. The molecule has 1 fully saturated rings. The first-order valence-corrected chi connectivity index (χ1v) is 15.1. The zero-order chi connectivity index (χ0) is 24.4. The summed E-state index contributed by atoms with van der Waals surface area (Å²) >= 11 is 2.27. The Labute approximate surface area is 222 Å². The van der Waals surface area contributed by atoms with E-state index in [-0.39, 0.29) is 11.9 Å². The number of likely N-dealkylation sites (tertiary alicyclic amines) is 1. The normalized spacial score (nSPS) is 16.0. The molecule has 1 aromatic carbocycles. The summed E-state index contributed by atoms with van der Waals surface area (Å²) < 4.78 is 1.05. The van der Waals surface area contributed by atoms with Gasteiger partial charge in [-0.15, -0.1) is 0 Å². The molecule has 5 heteroatoms. The lowest BCUT2D eigenvalue weighted by molar-refractivity contribution is -0.123. The van der Waals surface area contributed by atoms with Crippen LogP contribution in [0.1, 0.15) is 121 Å². The van der Waals surface area contributed by atoms with Gasteiger partial charge in [-0.1, -0.05) is 102 Å². The molecule has 0 saturated carbocycles. The Hall–Kier alpha value is -0.660. The van der Waals surface area contributed by atoms with Crippen LogP contribution in [0.15, 0.2) is 24.3 Å². The Morgan fingerprint density at radius 1 is 0.912 bits per heavy atom. The average Bonchev–Trinajstić information content (AvgIpc) is 3.35. The van der Waals surface area contributed by atoms with Gasteiger partial charge in [0.15, 0.2) is 0 Å². The molecule has 1 amide bonds. The number of nitrogens with zero attached hydrogens (tertiary/aromatic N) is 1. The van der Waals surface area contributed by atoms with Crippen molar-refractivity contribution in [3.05, 3.63) is 33.4 Å². The molecule has 1 aromatic rings. The van der Waals surface area contributed by atoms with Gasteiger partial charge in [0.2, 0.25) is 5.91 Å². The number of unbranched alkanes of at least 4 members (excludes halogenated alkanes) is 12. The summed E-state index contributed by atoms with van der Waals surface area (Å²) in [5.41, 5.74) is 0.911. The second-order valence-electron chi connectivity index (χ2n) is 10.1. The molecule has 194 valence electrons. The van der Waals surface area contributed by atoms with Gasteiger partial charge in [0.05, 0.1) is 6.04 Å². The maximum absolute atomic E-state index is 12.7. The van der Waals surface area contributed by atoms with E-state index in [1.807, 2.05) is 24.3 Å². The smallest absolute Gasteiger partial charge is 0.220 e. The Kier molecular flexibility index (Phi) is 16.2. The van der Waals surface area contributed by atoms with Crippen LogP contribution >= 0.6 is 22.6 Å². The number of rotatable bonds is 19. The van der Waals surface area contributed by atoms with Gasteiger partial charge in [-0.2, -0.15) is 0 Å². The Bertz CT molecular complexity index is 663. The summed E-state index contributed by atoms with van der Waals surface area (Å²) in [6, 6.07) is 7.68. The van der Waals surface area contributed by atoms with Gasteiger partial charge < -0.3 is 15.3 Å². The summed E-state index contributed by atoms with van der Waals surface area (Å²) in [5.74, 6) is 0.0808. The number of amides is 1. The van der Waals surface area contributed by atoms with Gasteiger partial charge in [-0.3, -0.25) is 4.79 Å². The lowest BCUT2D eigenvalue weighted by Gasteiger charge is -2.29. The SMILES string of the molecule is CCCCCCCCCCCCCCCC(=O)NC(CN1CCCC1)C(O)c1ccccc1I. The van der Waals surface area contributed by atoms with Crippen molar-refractivity contribution in [1.29, 1.82) is 0 Å². The number of hydrogen-bond acceptors (Lipinski definition) is 3. The Morgan fingerprint density at radius 3 is 2.00 bits per heavy atom. The molecule has 0 bridgehead atoms. The average molecular weight is 585 g/mol. The van der Waals surface area contributed by atoms with Crippen LogP contribution < -0.4 is 5.32 Å². The molecule has 2 N–H and O–H groups in total. The standard InChI is InChI=1S/C29H49IN2O2/c1-2-3-4-5-6-7-8-9-10-11-12-13-14-21-28(33)31-27(24-32-22-17-18-23-32)29(34)25-19-15-16-20-26(25)30/h15-16,19-20,27,29,34H,2-14,17-18,21-24H2,1H3,(H,31,33). The molecule has 34 heavy (non-hydrogen) atoms. The van der Waals surface area contributed by atoms with E-state index in [1.165, 1.54) is 83.5 Å². The predicted octanol–water partition coefficient (Wildman–Crippen LogP) is 7.39. The Morgan fingerprint density at radius 2 is 1.44 bits per heavy atom. The minimum Gasteiger partial charge on any atom is -0.386 e. The first-order chi connectivity index (χ1) is 16.6. The fraction of sp³-hybridized carbons (Fsp3) is 0.759. The van der Waals surface area contributed by atoms with E-state index in [0.29, 0.717) is 6.42 Å². The summed E-state index contributed by atoms with van der Waals surface area (Å²) in [7, 11) is 0. The van der Waals surface area contributed by atoms with Gasteiger partial charge in [0.1, 0.15) is 6.10 Å². The van der Waals surface area contributed by atoms with Crippen LogP contribution in [-0.2, 0) is 4.79 Å². The molecule has 1 aliphatic rings. The van der Waals surface area contributed by atoms with Gasteiger partial charge >= 0.3 is 0 Å². The van der Waals surface area contributed by atoms with E-state index >= 15 is 0 Å². The van der Waals surface area contributed by atoms with Gasteiger partial charge in [0.25, 0.3) is 0 Å². The third kappa shape index (κ3) is 12.3. The van der Waals surface area contributed by atoms with Crippen LogP contribution in [0.3, 0.4) is 0 Å². The molecule has 4 nitrogen and oxygen atoms in total. The van der Waals surface area contributed by atoms with Crippen LogP contribution in [0.25, 0.3) is 0 Å². The van der Waals surface area contributed by atoms with Crippen molar-refractivity contribution in [2.75, 3.05) is 19.6 Å². The van der Waals surface area contributed by atoms with Crippen molar-refractivity contribution < 1.29 is 9.90 Å². The molecule has 1 aliphatic heterocycles. The zero-order valence-corrected chi connectivity index (χ0v) is 23.7. The first kappa shape index (κ1) is 29.6. The topological polar surface area (TPSA) is 52.6 Å². The summed E-state index contributed by atoms with van der Waals surface area (Å²) in [4.78, 5) is 15.1. The molecule has 2 atom stereocenters. The largest absolute Gasteiger partial charge is 0.386 e. The van der Waals surface area contributed by atoms with E-state index in [2.05, 4.69) is 39.7 Å². The van der Waals surface area contributed by atoms with E-state index in [0.717, 1.165) is 41.6 Å².